The lowest BCUT2D eigenvalue weighted by Gasteiger charge is -2.24. The van der Waals surface area contributed by atoms with Crippen LogP contribution in [0.25, 0.3) is 11.1 Å². The van der Waals surface area contributed by atoms with Gasteiger partial charge in [-0.05, 0) is 58.0 Å². The van der Waals surface area contributed by atoms with E-state index in [1.807, 2.05) is 0 Å². The molecule has 31 heavy (non-hydrogen) atoms. The molecule has 1 fully saturated rings. The van der Waals surface area contributed by atoms with Gasteiger partial charge in [0.15, 0.2) is 0 Å². The Kier molecular flexibility index (Phi) is 6.42. The lowest BCUT2D eigenvalue weighted by Crippen LogP contribution is -2.43. The summed E-state index contributed by atoms with van der Waals surface area (Å²) in [6, 6.07) is 16.9. The van der Waals surface area contributed by atoms with Crippen LogP contribution < -0.4 is 5.32 Å². The number of hydrogen-bond donors (Lipinski definition) is 1. The summed E-state index contributed by atoms with van der Waals surface area (Å²) in [5, 5.41) is 14.7. The van der Waals surface area contributed by atoms with Gasteiger partial charge in [-0.3, -0.25) is 9.69 Å². The molecule has 1 aliphatic heterocycles. The Morgan fingerprint density at radius 3 is 2.77 bits per heavy atom. The first kappa shape index (κ1) is 21.2. The maximum atomic E-state index is 13.0. The molecule has 0 saturated carbocycles. The highest BCUT2D eigenvalue weighted by atomic mass is 16.2. The Morgan fingerprint density at radius 1 is 1.19 bits per heavy atom. The quantitative estimate of drug-likeness (QED) is 0.638. The van der Waals surface area contributed by atoms with Gasteiger partial charge in [0.1, 0.15) is 6.33 Å². The minimum atomic E-state index is -0.199. The number of nitrogens with one attached hydrogen (secondary N) is 1. The topological polar surface area (TPSA) is 75.9 Å². The standard InChI is InChI=1S/C24H30N6O/c1-17(2)13-25-24(31)23-12-21(30-16-26-27-28-30)15-29(23)14-19-8-6-9-20(11-19)22-10-5-4-7-18(22)3/h4-11,16-17,21,23H,12-15H2,1-3H3,(H,25,31)/t21-,23+/m1/s1. The molecule has 0 aliphatic carbocycles. The van der Waals surface area contributed by atoms with Crippen LogP contribution in [0.3, 0.4) is 0 Å². The molecule has 0 spiro atoms. The number of aromatic nitrogens is 4. The van der Waals surface area contributed by atoms with Crippen molar-refractivity contribution in [3.63, 3.8) is 0 Å². The van der Waals surface area contributed by atoms with Gasteiger partial charge in [-0.15, -0.1) is 5.10 Å². The summed E-state index contributed by atoms with van der Waals surface area (Å²) >= 11 is 0. The minimum Gasteiger partial charge on any atom is -0.354 e. The van der Waals surface area contributed by atoms with E-state index in [1.54, 1.807) is 11.0 Å². The maximum Gasteiger partial charge on any atom is 0.237 e. The SMILES string of the molecule is Cc1ccccc1-c1cccc(CN2C[C@H](n3cnnn3)C[C@H]2C(=O)NCC(C)C)c1. The molecule has 0 radical (unpaired) electrons. The average Bonchev–Trinajstić information content (AvgIpc) is 3.43. The van der Waals surface area contributed by atoms with Gasteiger partial charge in [-0.2, -0.15) is 0 Å². The fraction of sp³-hybridized carbons (Fsp3) is 0.417. The molecule has 1 N–H and O–H groups in total. The monoisotopic (exact) mass is 418 g/mol. The highest BCUT2D eigenvalue weighted by Crippen LogP contribution is 2.30. The highest BCUT2D eigenvalue weighted by molar-refractivity contribution is 5.82. The van der Waals surface area contributed by atoms with Crippen molar-refractivity contribution in [2.45, 2.75) is 45.8 Å². The first-order valence-electron chi connectivity index (χ1n) is 10.9. The molecule has 7 heteroatoms. The van der Waals surface area contributed by atoms with Gasteiger partial charge < -0.3 is 5.32 Å². The summed E-state index contributed by atoms with van der Waals surface area (Å²) in [4.78, 5) is 15.2. The van der Waals surface area contributed by atoms with Gasteiger partial charge in [-0.25, -0.2) is 4.68 Å². The molecular formula is C24H30N6O. The number of nitrogens with zero attached hydrogens (tertiary/aromatic N) is 5. The smallest absolute Gasteiger partial charge is 0.237 e. The van der Waals surface area contributed by atoms with Crippen molar-refractivity contribution in [1.82, 2.24) is 30.4 Å². The van der Waals surface area contributed by atoms with Crippen LogP contribution in [-0.4, -0.2) is 50.1 Å². The Balaban J connectivity index is 1.55. The molecule has 0 unspecified atom stereocenters. The molecule has 7 nitrogen and oxygen atoms in total. The first-order valence-corrected chi connectivity index (χ1v) is 10.9. The zero-order chi connectivity index (χ0) is 21.8. The van der Waals surface area contributed by atoms with Gasteiger partial charge in [0.2, 0.25) is 5.91 Å². The first-order chi connectivity index (χ1) is 15.0. The number of likely N-dealkylation sites (tertiary alicyclic amines) is 1. The van der Waals surface area contributed by atoms with Crippen LogP contribution in [-0.2, 0) is 11.3 Å². The van der Waals surface area contributed by atoms with Crippen LogP contribution in [0, 0.1) is 12.8 Å². The van der Waals surface area contributed by atoms with E-state index in [0.29, 0.717) is 25.4 Å². The Hall–Kier alpha value is -3.06. The molecule has 3 aromatic rings. The lowest BCUT2D eigenvalue weighted by molar-refractivity contribution is -0.125. The van der Waals surface area contributed by atoms with Gasteiger partial charge in [-0.1, -0.05) is 56.3 Å². The minimum absolute atomic E-state index is 0.0827. The van der Waals surface area contributed by atoms with Gasteiger partial charge >= 0.3 is 0 Å². The molecule has 4 rings (SSSR count). The molecule has 1 saturated heterocycles. The Labute approximate surface area is 183 Å². The molecule has 162 valence electrons. The number of hydrogen-bond acceptors (Lipinski definition) is 5. The van der Waals surface area contributed by atoms with Gasteiger partial charge in [0.25, 0.3) is 0 Å². The maximum absolute atomic E-state index is 13.0. The molecule has 1 aliphatic rings. The van der Waals surface area contributed by atoms with Crippen molar-refractivity contribution in [3.05, 3.63) is 66.0 Å². The fourth-order valence-electron chi connectivity index (χ4n) is 4.25. The molecule has 0 bridgehead atoms. The van der Waals surface area contributed by atoms with E-state index in [4.69, 9.17) is 0 Å². The van der Waals surface area contributed by atoms with Crippen molar-refractivity contribution in [2.75, 3.05) is 13.1 Å². The van der Waals surface area contributed by atoms with E-state index in [2.05, 4.69) is 95.0 Å². The van der Waals surface area contributed by atoms with Crippen molar-refractivity contribution in [1.29, 1.82) is 0 Å². The zero-order valence-corrected chi connectivity index (χ0v) is 18.4. The third-order valence-corrected chi connectivity index (χ3v) is 5.88. The summed E-state index contributed by atoms with van der Waals surface area (Å²) in [7, 11) is 0. The third kappa shape index (κ3) is 4.99. The fourth-order valence-corrected chi connectivity index (χ4v) is 4.25. The van der Waals surface area contributed by atoms with Crippen molar-refractivity contribution < 1.29 is 4.79 Å². The molecule has 2 atom stereocenters. The number of tetrazole rings is 1. The highest BCUT2D eigenvalue weighted by Gasteiger charge is 2.38. The predicted octanol–water partition coefficient (Wildman–Crippen LogP) is 3.24. The molecule has 1 amide bonds. The van der Waals surface area contributed by atoms with Gasteiger partial charge in [0.05, 0.1) is 12.1 Å². The second-order valence-electron chi connectivity index (χ2n) is 8.78. The summed E-state index contributed by atoms with van der Waals surface area (Å²) in [6.07, 6.45) is 2.34. The van der Waals surface area contributed by atoms with Crippen LogP contribution in [0.4, 0.5) is 0 Å². The molecule has 1 aromatic heterocycles. The number of carbonyl (C=O) groups is 1. The van der Waals surface area contributed by atoms with Crippen LogP contribution in [0.15, 0.2) is 54.9 Å². The van der Waals surface area contributed by atoms with Crippen molar-refractivity contribution >= 4 is 5.91 Å². The average molecular weight is 419 g/mol. The summed E-state index contributed by atoms with van der Waals surface area (Å²) in [5.74, 6) is 0.499. The second-order valence-corrected chi connectivity index (χ2v) is 8.78. The van der Waals surface area contributed by atoms with E-state index in [1.165, 1.54) is 22.3 Å². The Bertz CT molecular complexity index is 1020. The van der Waals surface area contributed by atoms with Crippen LogP contribution >= 0.6 is 0 Å². The number of carbonyl (C=O) groups excluding carboxylic acids is 1. The number of rotatable bonds is 7. The van der Waals surface area contributed by atoms with E-state index < -0.39 is 0 Å². The van der Waals surface area contributed by atoms with Crippen molar-refractivity contribution in [3.8, 4) is 11.1 Å². The summed E-state index contributed by atoms with van der Waals surface area (Å²) in [6.45, 7) is 8.47. The third-order valence-electron chi connectivity index (χ3n) is 5.88. The normalized spacial score (nSPS) is 19.1. The predicted molar refractivity (Wildman–Crippen MR) is 120 cm³/mol. The van der Waals surface area contributed by atoms with E-state index >= 15 is 0 Å². The molecule has 2 heterocycles. The lowest BCUT2D eigenvalue weighted by atomic mass is 9.99. The Morgan fingerprint density at radius 2 is 2.03 bits per heavy atom. The van der Waals surface area contributed by atoms with Gasteiger partial charge in [0, 0.05) is 19.6 Å². The summed E-state index contributed by atoms with van der Waals surface area (Å²) < 4.78 is 1.77. The second kappa shape index (κ2) is 9.39. The molecular weight excluding hydrogens is 388 g/mol. The number of amides is 1. The van der Waals surface area contributed by atoms with Crippen LogP contribution in [0.2, 0.25) is 0 Å². The van der Waals surface area contributed by atoms with E-state index in [-0.39, 0.29) is 18.0 Å². The van der Waals surface area contributed by atoms with Crippen molar-refractivity contribution in [2.24, 2.45) is 5.92 Å². The largest absolute Gasteiger partial charge is 0.354 e. The zero-order valence-electron chi connectivity index (χ0n) is 18.4. The summed E-state index contributed by atoms with van der Waals surface area (Å²) in [5.41, 5.74) is 4.89. The molecule has 2 aromatic carbocycles. The van der Waals surface area contributed by atoms with Crippen LogP contribution in [0.1, 0.15) is 37.4 Å². The van der Waals surface area contributed by atoms with E-state index in [9.17, 15) is 4.79 Å². The van der Waals surface area contributed by atoms with E-state index in [0.717, 1.165) is 6.54 Å². The number of benzene rings is 2. The van der Waals surface area contributed by atoms with Crippen LogP contribution in [0.5, 0.6) is 0 Å². The number of aryl methyl sites for hydroxylation is 1.